The van der Waals surface area contributed by atoms with Crippen LogP contribution in [0.1, 0.15) is 17.4 Å². The molecule has 0 spiro atoms. The zero-order chi connectivity index (χ0) is 19.2. The molecule has 1 aromatic heterocycles. The predicted molar refractivity (Wildman–Crippen MR) is 88.7 cm³/mol. The van der Waals surface area contributed by atoms with Gasteiger partial charge in [-0.15, -0.1) is 24.5 Å². The van der Waals surface area contributed by atoms with E-state index in [-0.39, 0.29) is 18.7 Å². The van der Waals surface area contributed by atoms with Crippen LogP contribution in [0.5, 0.6) is 5.75 Å². The summed E-state index contributed by atoms with van der Waals surface area (Å²) in [5.41, 5.74) is 0.137. The van der Waals surface area contributed by atoms with Crippen LogP contribution in [0.2, 0.25) is 0 Å². The van der Waals surface area contributed by atoms with Gasteiger partial charge in [0.1, 0.15) is 5.75 Å². The number of rotatable bonds is 6. The molecule has 1 heterocycles. The molecule has 0 aliphatic carbocycles. The zero-order valence-electron chi connectivity index (χ0n) is 13.2. The van der Waals surface area contributed by atoms with Gasteiger partial charge in [-0.1, -0.05) is 6.07 Å². The number of anilines is 1. The first-order valence-electron chi connectivity index (χ1n) is 7.41. The Hall–Kier alpha value is -2.59. The van der Waals surface area contributed by atoms with Crippen molar-refractivity contribution >= 4 is 28.8 Å². The fourth-order valence-corrected chi connectivity index (χ4v) is 2.70. The van der Waals surface area contributed by atoms with Crippen molar-refractivity contribution in [2.75, 3.05) is 11.9 Å². The molecule has 26 heavy (non-hydrogen) atoms. The van der Waals surface area contributed by atoms with Gasteiger partial charge < -0.3 is 20.5 Å². The molecule has 0 aliphatic heterocycles. The van der Waals surface area contributed by atoms with E-state index in [2.05, 4.69) is 15.4 Å². The summed E-state index contributed by atoms with van der Waals surface area (Å²) in [7, 11) is 0. The average Bonchev–Trinajstić information content (AvgIpc) is 3.09. The number of aliphatic hydroxyl groups excluding tert-OH is 1. The number of hydrogen-bond acceptors (Lipinski definition) is 5. The quantitative estimate of drug-likeness (QED) is 0.664. The van der Waals surface area contributed by atoms with E-state index in [0.29, 0.717) is 0 Å². The van der Waals surface area contributed by atoms with Crippen LogP contribution >= 0.6 is 11.3 Å². The molecule has 1 atom stereocenters. The molecule has 3 N–H and O–H groups in total. The van der Waals surface area contributed by atoms with Gasteiger partial charge in [-0.2, -0.15) is 0 Å². The molecule has 0 aliphatic rings. The molecule has 0 fully saturated rings. The van der Waals surface area contributed by atoms with Crippen molar-refractivity contribution < 1.29 is 32.6 Å². The molecule has 10 heteroatoms. The van der Waals surface area contributed by atoms with Crippen molar-refractivity contribution in [3.63, 3.8) is 0 Å². The number of hydrogen-bond donors (Lipinski definition) is 3. The highest BCUT2D eigenvalue weighted by molar-refractivity contribution is 7.10. The normalized spacial score (nSPS) is 12.3. The van der Waals surface area contributed by atoms with Gasteiger partial charge in [0, 0.05) is 17.1 Å². The second-order valence-electron chi connectivity index (χ2n) is 5.10. The molecular formula is C16H15F3N2O4S. The number of nitrogens with one attached hydrogen (secondary N) is 2. The number of carbonyl (C=O) groups excluding carboxylic acids is 2. The Morgan fingerprint density at radius 2 is 1.85 bits per heavy atom. The maximum atomic E-state index is 12.1. The van der Waals surface area contributed by atoms with E-state index >= 15 is 0 Å². The van der Waals surface area contributed by atoms with Crippen molar-refractivity contribution in [2.45, 2.75) is 18.9 Å². The highest BCUT2D eigenvalue weighted by Gasteiger charge is 2.31. The van der Waals surface area contributed by atoms with Crippen LogP contribution < -0.4 is 15.4 Å². The van der Waals surface area contributed by atoms with Crippen molar-refractivity contribution in [1.29, 1.82) is 0 Å². The van der Waals surface area contributed by atoms with Crippen LogP contribution in [-0.4, -0.2) is 29.8 Å². The van der Waals surface area contributed by atoms with E-state index in [1.165, 1.54) is 23.5 Å². The molecule has 0 bridgehead atoms. The van der Waals surface area contributed by atoms with E-state index in [1.54, 1.807) is 12.1 Å². The van der Waals surface area contributed by atoms with E-state index in [0.717, 1.165) is 17.0 Å². The number of carbonyl (C=O) groups is 2. The van der Waals surface area contributed by atoms with Crippen molar-refractivity contribution in [3.8, 4) is 5.75 Å². The lowest BCUT2D eigenvalue weighted by Gasteiger charge is -2.11. The highest BCUT2D eigenvalue weighted by Crippen LogP contribution is 2.24. The Morgan fingerprint density at radius 3 is 2.42 bits per heavy atom. The third-order valence-electron chi connectivity index (χ3n) is 3.13. The largest absolute Gasteiger partial charge is 0.573 e. The predicted octanol–water partition coefficient (Wildman–Crippen LogP) is 2.83. The van der Waals surface area contributed by atoms with Gasteiger partial charge in [0.05, 0.1) is 6.10 Å². The van der Waals surface area contributed by atoms with Gasteiger partial charge in [0.15, 0.2) is 0 Å². The van der Waals surface area contributed by atoms with E-state index in [4.69, 9.17) is 0 Å². The van der Waals surface area contributed by atoms with Crippen LogP contribution in [0.15, 0.2) is 41.8 Å². The first-order valence-corrected chi connectivity index (χ1v) is 8.29. The summed E-state index contributed by atoms with van der Waals surface area (Å²) in [5.74, 6) is -2.33. The summed E-state index contributed by atoms with van der Waals surface area (Å²) in [6.07, 6.45) is -5.30. The van der Waals surface area contributed by atoms with Crippen LogP contribution in [0, 0.1) is 0 Å². The smallest absolute Gasteiger partial charge is 0.406 e. The number of amides is 2. The molecule has 0 saturated carbocycles. The van der Waals surface area contributed by atoms with Crippen molar-refractivity contribution in [3.05, 3.63) is 46.7 Å². The maximum absolute atomic E-state index is 12.1. The van der Waals surface area contributed by atoms with Crippen LogP contribution in [0.25, 0.3) is 0 Å². The Morgan fingerprint density at radius 1 is 1.15 bits per heavy atom. The first kappa shape index (κ1) is 19.7. The van der Waals surface area contributed by atoms with Crippen LogP contribution in [0.4, 0.5) is 18.9 Å². The fraction of sp³-hybridized carbons (Fsp3) is 0.250. The Balaban J connectivity index is 1.77. The minimum absolute atomic E-state index is 0.0870. The summed E-state index contributed by atoms with van der Waals surface area (Å²) < 4.78 is 39.9. The van der Waals surface area contributed by atoms with Gasteiger partial charge in [0.2, 0.25) is 0 Å². The Bertz CT molecular complexity index is 733. The van der Waals surface area contributed by atoms with Gasteiger partial charge in [-0.25, -0.2) is 0 Å². The van der Waals surface area contributed by atoms with E-state index in [9.17, 15) is 27.9 Å². The maximum Gasteiger partial charge on any atom is 0.573 e. The molecule has 2 amide bonds. The highest BCUT2D eigenvalue weighted by atomic mass is 32.1. The third-order valence-corrected chi connectivity index (χ3v) is 4.10. The van der Waals surface area contributed by atoms with E-state index in [1.807, 2.05) is 5.38 Å². The topological polar surface area (TPSA) is 87.7 Å². The monoisotopic (exact) mass is 388 g/mol. The summed E-state index contributed by atoms with van der Waals surface area (Å²) in [4.78, 5) is 24.2. The number of halogens is 3. The molecule has 1 unspecified atom stereocenters. The number of alkyl halides is 3. The molecule has 1 aromatic carbocycles. The van der Waals surface area contributed by atoms with Gasteiger partial charge in [-0.05, 0) is 42.1 Å². The van der Waals surface area contributed by atoms with Crippen molar-refractivity contribution in [1.82, 2.24) is 5.32 Å². The first-order chi connectivity index (χ1) is 12.2. The minimum atomic E-state index is -4.81. The molecule has 0 saturated heterocycles. The SMILES string of the molecule is O=C(NCCC(O)c1cccs1)C(=O)Nc1ccc(OC(F)(F)F)cc1. The standard InChI is InChI=1S/C16H15F3N2O4S/c17-16(18,19)25-11-5-3-10(4-6-11)21-15(24)14(23)20-8-7-12(22)13-2-1-9-26-13/h1-6,9,12,22H,7-8H2,(H,20,23)(H,21,24). The van der Waals surface area contributed by atoms with Gasteiger partial charge >= 0.3 is 18.2 Å². The van der Waals surface area contributed by atoms with Crippen LogP contribution in [-0.2, 0) is 9.59 Å². The number of thiophene rings is 1. The Kier molecular flexibility index (Phi) is 6.58. The van der Waals surface area contributed by atoms with Gasteiger partial charge in [-0.3, -0.25) is 9.59 Å². The number of benzene rings is 1. The van der Waals surface area contributed by atoms with Crippen molar-refractivity contribution in [2.24, 2.45) is 0 Å². The minimum Gasteiger partial charge on any atom is -0.406 e. The fourth-order valence-electron chi connectivity index (χ4n) is 1.95. The second-order valence-corrected chi connectivity index (χ2v) is 6.08. The summed E-state index contributed by atoms with van der Waals surface area (Å²) in [6.45, 7) is 0.0870. The number of aliphatic hydroxyl groups is 1. The third kappa shape index (κ3) is 6.37. The zero-order valence-corrected chi connectivity index (χ0v) is 14.1. The molecule has 6 nitrogen and oxygen atoms in total. The summed E-state index contributed by atoms with van der Waals surface area (Å²) in [6, 6.07) is 7.92. The summed E-state index contributed by atoms with van der Waals surface area (Å²) in [5, 5.41) is 16.3. The van der Waals surface area contributed by atoms with Crippen LogP contribution in [0.3, 0.4) is 0 Å². The lowest BCUT2D eigenvalue weighted by molar-refractivity contribution is -0.274. The number of ether oxygens (including phenoxy) is 1. The average molecular weight is 388 g/mol. The Labute approximate surface area is 150 Å². The molecular weight excluding hydrogens is 373 g/mol. The molecule has 0 radical (unpaired) electrons. The molecule has 2 rings (SSSR count). The molecule has 2 aromatic rings. The van der Waals surface area contributed by atoms with E-state index < -0.39 is 30.0 Å². The lowest BCUT2D eigenvalue weighted by atomic mass is 10.2. The lowest BCUT2D eigenvalue weighted by Crippen LogP contribution is -2.36. The van der Waals surface area contributed by atoms with Gasteiger partial charge in [0.25, 0.3) is 0 Å². The molecule has 140 valence electrons. The summed E-state index contributed by atoms with van der Waals surface area (Å²) >= 11 is 1.38. The second kappa shape index (κ2) is 8.68.